The standard InChI is InChI=1S/C10H11N3O2S/c1-7-5-8(7)13-16(14,15)10-3-2-4-12-9(10)6-11/h2-4,7-8,13H,5H2,1H3. The number of rotatable bonds is 3. The van der Waals surface area contributed by atoms with Gasteiger partial charge in [-0.05, 0) is 24.5 Å². The summed E-state index contributed by atoms with van der Waals surface area (Å²) in [5.74, 6) is 0.372. The summed E-state index contributed by atoms with van der Waals surface area (Å²) in [6.07, 6.45) is 2.25. The highest BCUT2D eigenvalue weighted by Crippen LogP contribution is 2.30. The summed E-state index contributed by atoms with van der Waals surface area (Å²) in [4.78, 5) is 3.69. The number of nitriles is 1. The molecule has 6 heteroatoms. The molecule has 0 bridgehead atoms. The summed E-state index contributed by atoms with van der Waals surface area (Å²) in [7, 11) is -3.61. The Kier molecular flexibility index (Phi) is 2.66. The number of pyridine rings is 1. The van der Waals surface area contributed by atoms with E-state index < -0.39 is 10.0 Å². The third kappa shape index (κ3) is 2.05. The minimum Gasteiger partial charge on any atom is -0.244 e. The van der Waals surface area contributed by atoms with Gasteiger partial charge < -0.3 is 0 Å². The fraction of sp³-hybridized carbons (Fsp3) is 0.400. The fourth-order valence-electron chi connectivity index (χ4n) is 1.44. The minimum atomic E-state index is -3.61. The number of hydrogen-bond acceptors (Lipinski definition) is 4. The first-order chi connectivity index (χ1) is 7.54. The lowest BCUT2D eigenvalue weighted by molar-refractivity contribution is 0.577. The van der Waals surface area contributed by atoms with Crippen molar-refractivity contribution in [3.8, 4) is 6.07 Å². The molecule has 1 aliphatic rings. The van der Waals surface area contributed by atoms with E-state index in [1.165, 1.54) is 18.3 Å². The molecule has 1 aromatic rings. The number of hydrogen-bond donors (Lipinski definition) is 1. The highest BCUT2D eigenvalue weighted by molar-refractivity contribution is 7.89. The van der Waals surface area contributed by atoms with Crippen LogP contribution in [0.1, 0.15) is 19.0 Å². The molecular formula is C10H11N3O2S. The lowest BCUT2D eigenvalue weighted by Gasteiger charge is -2.06. The molecule has 1 saturated carbocycles. The first-order valence-corrected chi connectivity index (χ1v) is 6.40. The fourth-order valence-corrected chi connectivity index (χ4v) is 2.91. The second kappa shape index (κ2) is 3.85. The molecule has 0 amide bonds. The Morgan fingerprint density at radius 1 is 1.62 bits per heavy atom. The van der Waals surface area contributed by atoms with Gasteiger partial charge in [-0.3, -0.25) is 0 Å². The predicted octanol–water partition coefficient (Wildman–Crippen LogP) is 0.640. The van der Waals surface area contributed by atoms with Gasteiger partial charge in [0.15, 0.2) is 5.69 Å². The van der Waals surface area contributed by atoms with Gasteiger partial charge in [0, 0.05) is 12.2 Å². The molecule has 2 atom stereocenters. The molecule has 16 heavy (non-hydrogen) atoms. The Morgan fingerprint density at radius 2 is 2.31 bits per heavy atom. The maximum atomic E-state index is 11.9. The normalized spacial score (nSPS) is 23.8. The average Bonchev–Trinajstić information content (AvgIpc) is 2.93. The van der Waals surface area contributed by atoms with Gasteiger partial charge in [-0.1, -0.05) is 6.92 Å². The Hall–Kier alpha value is -1.45. The highest BCUT2D eigenvalue weighted by atomic mass is 32.2. The van der Waals surface area contributed by atoms with Crippen molar-refractivity contribution < 1.29 is 8.42 Å². The van der Waals surface area contributed by atoms with E-state index in [0.717, 1.165) is 6.42 Å². The summed E-state index contributed by atoms with van der Waals surface area (Å²) in [5.41, 5.74) is -0.0664. The first-order valence-electron chi connectivity index (χ1n) is 4.92. The van der Waals surface area contributed by atoms with Gasteiger partial charge in [-0.15, -0.1) is 0 Å². The van der Waals surface area contributed by atoms with Crippen LogP contribution in [-0.4, -0.2) is 19.4 Å². The van der Waals surface area contributed by atoms with E-state index in [1.807, 2.05) is 6.92 Å². The molecule has 0 spiro atoms. The summed E-state index contributed by atoms with van der Waals surface area (Å²) in [5, 5.41) is 8.78. The van der Waals surface area contributed by atoms with Crippen LogP contribution in [0.5, 0.6) is 0 Å². The van der Waals surface area contributed by atoms with E-state index >= 15 is 0 Å². The maximum absolute atomic E-state index is 11.9. The summed E-state index contributed by atoms with van der Waals surface area (Å²) >= 11 is 0. The molecule has 1 aromatic heterocycles. The zero-order chi connectivity index (χ0) is 11.8. The zero-order valence-corrected chi connectivity index (χ0v) is 9.53. The second-order valence-corrected chi connectivity index (χ2v) is 5.59. The topological polar surface area (TPSA) is 82.8 Å². The molecule has 0 aromatic carbocycles. The van der Waals surface area contributed by atoms with Gasteiger partial charge in [0.2, 0.25) is 10.0 Å². The molecule has 5 nitrogen and oxygen atoms in total. The van der Waals surface area contributed by atoms with E-state index in [2.05, 4.69) is 9.71 Å². The van der Waals surface area contributed by atoms with Crippen LogP contribution in [0.15, 0.2) is 23.2 Å². The molecule has 1 heterocycles. The Morgan fingerprint density at radius 3 is 2.88 bits per heavy atom. The quantitative estimate of drug-likeness (QED) is 0.836. The monoisotopic (exact) mass is 237 g/mol. The molecule has 0 aliphatic heterocycles. The molecule has 2 rings (SSSR count). The van der Waals surface area contributed by atoms with Gasteiger partial charge >= 0.3 is 0 Å². The van der Waals surface area contributed by atoms with Crippen LogP contribution in [0, 0.1) is 17.2 Å². The van der Waals surface area contributed by atoms with Crippen LogP contribution in [0.25, 0.3) is 0 Å². The Balaban J connectivity index is 2.32. The lowest BCUT2D eigenvalue weighted by Crippen LogP contribution is -2.27. The van der Waals surface area contributed by atoms with Crippen LogP contribution in [0.4, 0.5) is 0 Å². The zero-order valence-electron chi connectivity index (χ0n) is 8.71. The van der Waals surface area contributed by atoms with E-state index in [9.17, 15) is 8.42 Å². The van der Waals surface area contributed by atoms with Crippen molar-refractivity contribution >= 4 is 10.0 Å². The molecule has 84 valence electrons. The number of nitrogens with one attached hydrogen (secondary N) is 1. The third-order valence-corrected chi connectivity index (χ3v) is 4.10. The summed E-state index contributed by atoms with van der Waals surface area (Å²) in [6.45, 7) is 1.97. The SMILES string of the molecule is CC1CC1NS(=O)(=O)c1cccnc1C#N. The van der Waals surface area contributed by atoms with Crippen LogP contribution in [0.3, 0.4) is 0 Å². The molecule has 0 radical (unpaired) electrons. The second-order valence-electron chi connectivity index (χ2n) is 3.90. The van der Waals surface area contributed by atoms with E-state index in [1.54, 1.807) is 6.07 Å². The van der Waals surface area contributed by atoms with E-state index in [4.69, 9.17) is 5.26 Å². The predicted molar refractivity (Wildman–Crippen MR) is 56.8 cm³/mol. The van der Waals surface area contributed by atoms with Gasteiger partial charge in [-0.25, -0.2) is 18.1 Å². The average molecular weight is 237 g/mol. The van der Waals surface area contributed by atoms with Crippen molar-refractivity contribution in [2.45, 2.75) is 24.3 Å². The molecule has 1 aliphatic carbocycles. The van der Waals surface area contributed by atoms with Crippen molar-refractivity contribution in [1.82, 2.24) is 9.71 Å². The van der Waals surface area contributed by atoms with Crippen molar-refractivity contribution in [2.75, 3.05) is 0 Å². The van der Waals surface area contributed by atoms with E-state index in [-0.39, 0.29) is 16.6 Å². The summed E-state index contributed by atoms with van der Waals surface area (Å²) in [6, 6.07) is 4.67. The molecule has 1 N–H and O–H groups in total. The van der Waals surface area contributed by atoms with Gasteiger partial charge in [0.1, 0.15) is 11.0 Å². The van der Waals surface area contributed by atoms with Crippen molar-refractivity contribution in [3.63, 3.8) is 0 Å². The van der Waals surface area contributed by atoms with E-state index in [0.29, 0.717) is 5.92 Å². The maximum Gasteiger partial charge on any atom is 0.243 e. The highest BCUT2D eigenvalue weighted by Gasteiger charge is 2.37. The van der Waals surface area contributed by atoms with Crippen LogP contribution in [-0.2, 0) is 10.0 Å². The summed E-state index contributed by atoms with van der Waals surface area (Å²) < 4.78 is 26.4. The van der Waals surface area contributed by atoms with Crippen LogP contribution < -0.4 is 4.72 Å². The lowest BCUT2D eigenvalue weighted by atomic mass is 10.4. The van der Waals surface area contributed by atoms with Crippen molar-refractivity contribution in [2.24, 2.45) is 5.92 Å². The Labute approximate surface area is 94.2 Å². The van der Waals surface area contributed by atoms with Crippen molar-refractivity contribution in [3.05, 3.63) is 24.0 Å². The van der Waals surface area contributed by atoms with Crippen LogP contribution >= 0.6 is 0 Å². The van der Waals surface area contributed by atoms with Crippen LogP contribution in [0.2, 0.25) is 0 Å². The smallest absolute Gasteiger partial charge is 0.243 e. The van der Waals surface area contributed by atoms with Gasteiger partial charge in [0.25, 0.3) is 0 Å². The minimum absolute atomic E-state index is 0.00301. The first kappa shape index (κ1) is 11.0. The number of sulfonamides is 1. The molecule has 0 saturated heterocycles. The molecule has 1 fully saturated rings. The molecule has 2 unspecified atom stereocenters. The number of aromatic nitrogens is 1. The molecular weight excluding hydrogens is 226 g/mol. The third-order valence-electron chi connectivity index (χ3n) is 2.58. The van der Waals surface area contributed by atoms with Gasteiger partial charge in [0.05, 0.1) is 0 Å². The Bertz CT molecular complexity index is 547. The van der Waals surface area contributed by atoms with Crippen molar-refractivity contribution in [1.29, 1.82) is 5.26 Å². The number of nitrogens with zero attached hydrogens (tertiary/aromatic N) is 2. The van der Waals surface area contributed by atoms with Gasteiger partial charge in [-0.2, -0.15) is 5.26 Å². The largest absolute Gasteiger partial charge is 0.244 e.